The van der Waals surface area contributed by atoms with Crippen LogP contribution in [0, 0.1) is 0 Å². The van der Waals surface area contributed by atoms with Crippen LogP contribution < -0.4 is 5.32 Å². The minimum Gasteiger partial charge on any atom is -0.361 e. The van der Waals surface area contributed by atoms with E-state index in [-0.39, 0.29) is 11.7 Å². The van der Waals surface area contributed by atoms with Crippen molar-refractivity contribution >= 4 is 11.0 Å². The van der Waals surface area contributed by atoms with E-state index in [1.54, 1.807) is 0 Å². The second-order valence-corrected chi connectivity index (χ2v) is 5.56. The Morgan fingerprint density at radius 2 is 2.26 bits per heavy atom. The SMILES string of the molecule is CCC1(C)CNCC(c2nc3ccccc3n2C)O1. The summed E-state index contributed by atoms with van der Waals surface area (Å²) in [5, 5.41) is 3.47. The molecular formula is C15H21N3O. The Kier molecular flexibility index (Phi) is 3.07. The monoisotopic (exact) mass is 259 g/mol. The predicted octanol–water partition coefficient (Wildman–Crippen LogP) is 2.40. The Labute approximate surface area is 113 Å². The van der Waals surface area contributed by atoms with Crippen LogP contribution in [-0.4, -0.2) is 28.2 Å². The largest absolute Gasteiger partial charge is 0.361 e. The highest BCUT2D eigenvalue weighted by Crippen LogP contribution is 2.30. The van der Waals surface area contributed by atoms with Crippen molar-refractivity contribution in [1.82, 2.24) is 14.9 Å². The van der Waals surface area contributed by atoms with Crippen molar-refractivity contribution in [1.29, 1.82) is 0 Å². The molecule has 1 aliphatic heterocycles. The van der Waals surface area contributed by atoms with Gasteiger partial charge < -0.3 is 14.6 Å². The molecule has 2 heterocycles. The molecule has 2 unspecified atom stereocenters. The lowest BCUT2D eigenvalue weighted by Crippen LogP contribution is -2.49. The summed E-state index contributed by atoms with van der Waals surface area (Å²) in [7, 11) is 2.06. The fraction of sp³-hybridized carbons (Fsp3) is 0.533. The van der Waals surface area contributed by atoms with Crippen molar-refractivity contribution in [2.24, 2.45) is 7.05 Å². The van der Waals surface area contributed by atoms with Crippen LogP contribution >= 0.6 is 0 Å². The molecule has 19 heavy (non-hydrogen) atoms. The van der Waals surface area contributed by atoms with Crippen molar-refractivity contribution < 1.29 is 4.74 Å². The van der Waals surface area contributed by atoms with Gasteiger partial charge in [-0.2, -0.15) is 0 Å². The van der Waals surface area contributed by atoms with Gasteiger partial charge in [0.05, 0.1) is 16.6 Å². The maximum atomic E-state index is 6.27. The highest BCUT2D eigenvalue weighted by atomic mass is 16.5. The lowest BCUT2D eigenvalue weighted by molar-refractivity contribution is -0.113. The first-order valence-electron chi connectivity index (χ1n) is 6.93. The summed E-state index contributed by atoms with van der Waals surface area (Å²) in [6.07, 6.45) is 1.02. The first-order chi connectivity index (χ1) is 9.13. The number of imidazole rings is 1. The molecule has 4 nitrogen and oxygen atoms in total. The normalized spacial score (nSPS) is 27.8. The van der Waals surface area contributed by atoms with Gasteiger partial charge in [-0.3, -0.25) is 0 Å². The number of nitrogens with zero attached hydrogens (tertiary/aromatic N) is 2. The molecule has 1 N–H and O–H groups in total. The van der Waals surface area contributed by atoms with E-state index in [2.05, 4.69) is 36.8 Å². The summed E-state index contributed by atoms with van der Waals surface area (Å²) in [5.74, 6) is 1.01. The van der Waals surface area contributed by atoms with Crippen LogP contribution in [0.5, 0.6) is 0 Å². The third-order valence-electron chi connectivity index (χ3n) is 4.11. The smallest absolute Gasteiger partial charge is 0.140 e. The molecule has 1 aromatic heterocycles. The first-order valence-corrected chi connectivity index (χ1v) is 6.93. The Balaban J connectivity index is 1.98. The zero-order chi connectivity index (χ0) is 13.5. The van der Waals surface area contributed by atoms with Gasteiger partial charge >= 0.3 is 0 Å². The first kappa shape index (κ1) is 12.6. The summed E-state index contributed by atoms with van der Waals surface area (Å²) < 4.78 is 8.42. The number of benzene rings is 1. The van der Waals surface area contributed by atoms with Gasteiger partial charge in [0.1, 0.15) is 11.9 Å². The number of ether oxygens (including phenoxy) is 1. The van der Waals surface area contributed by atoms with Crippen LogP contribution in [0.25, 0.3) is 11.0 Å². The van der Waals surface area contributed by atoms with Crippen LogP contribution in [0.1, 0.15) is 32.2 Å². The number of nitrogens with one attached hydrogen (secondary N) is 1. The summed E-state index contributed by atoms with van der Waals surface area (Å²) in [4.78, 5) is 4.73. The van der Waals surface area contributed by atoms with Crippen LogP contribution in [0.2, 0.25) is 0 Å². The molecule has 0 radical (unpaired) electrons. The van der Waals surface area contributed by atoms with Gasteiger partial charge in [-0.15, -0.1) is 0 Å². The quantitative estimate of drug-likeness (QED) is 0.900. The topological polar surface area (TPSA) is 39.1 Å². The van der Waals surface area contributed by atoms with E-state index in [0.29, 0.717) is 0 Å². The lowest BCUT2D eigenvalue weighted by Gasteiger charge is -2.38. The summed E-state index contributed by atoms with van der Waals surface area (Å²) >= 11 is 0. The van der Waals surface area contributed by atoms with Gasteiger partial charge in [0.25, 0.3) is 0 Å². The van der Waals surface area contributed by atoms with Gasteiger partial charge in [0.15, 0.2) is 0 Å². The van der Waals surface area contributed by atoms with Gasteiger partial charge in [-0.25, -0.2) is 4.98 Å². The Morgan fingerprint density at radius 1 is 1.47 bits per heavy atom. The molecule has 1 aromatic carbocycles. The fourth-order valence-corrected chi connectivity index (χ4v) is 2.70. The van der Waals surface area contributed by atoms with Crippen molar-refractivity contribution in [2.45, 2.75) is 32.0 Å². The van der Waals surface area contributed by atoms with Crippen molar-refractivity contribution in [3.8, 4) is 0 Å². The van der Waals surface area contributed by atoms with E-state index >= 15 is 0 Å². The summed E-state index contributed by atoms with van der Waals surface area (Å²) in [6, 6.07) is 8.22. The number of aromatic nitrogens is 2. The lowest BCUT2D eigenvalue weighted by atomic mass is 10.0. The molecule has 2 aromatic rings. The molecule has 0 aliphatic carbocycles. The second-order valence-electron chi connectivity index (χ2n) is 5.56. The molecule has 102 valence electrons. The van der Waals surface area contributed by atoms with E-state index in [1.807, 2.05) is 18.2 Å². The predicted molar refractivity (Wildman–Crippen MR) is 76.1 cm³/mol. The zero-order valence-corrected chi connectivity index (χ0v) is 11.8. The van der Waals surface area contributed by atoms with E-state index in [1.165, 1.54) is 0 Å². The fourth-order valence-electron chi connectivity index (χ4n) is 2.70. The number of aryl methyl sites for hydroxylation is 1. The van der Waals surface area contributed by atoms with Crippen LogP contribution in [-0.2, 0) is 11.8 Å². The molecule has 0 spiro atoms. The van der Waals surface area contributed by atoms with E-state index < -0.39 is 0 Å². The Hall–Kier alpha value is -1.39. The highest BCUT2D eigenvalue weighted by Gasteiger charge is 2.34. The minimum atomic E-state index is -0.0962. The van der Waals surface area contributed by atoms with Crippen LogP contribution in [0.3, 0.4) is 0 Å². The number of para-hydroxylation sites is 2. The molecule has 0 bridgehead atoms. The van der Waals surface area contributed by atoms with Crippen LogP contribution in [0.15, 0.2) is 24.3 Å². The molecule has 3 rings (SSSR count). The second kappa shape index (κ2) is 4.62. The van der Waals surface area contributed by atoms with Crippen molar-refractivity contribution in [3.05, 3.63) is 30.1 Å². The Morgan fingerprint density at radius 3 is 3.00 bits per heavy atom. The van der Waals surface area contributed by atoms with Gasteiger partial charge in [0.2, 0.25) is 0 Å². The van der Waals surface area contributed by atoms with Gasteiger partial charge in [-0.1, -0.05) is 19.1 Å². The number of fused-ring (bicyclic) bond motifs is 1. The number of hydrogen-bond acceptors (Lipinski definition) is 3. The molecule has 0 saturated carbocycles. The van der Waals surface area contributed by atoms with E-state index in [0.717, 1.165) is 36.4 Å². The van der Waals surface area contributed by atoms with Crippen LogP contribution in [0.4, 0.5) is 0 Å². The summed E-state index contributed by atoms with van der Waals surface area (Å²) in [6.45, 7) is 6.06. The molecule has 1 aliphatic rings. The van der Waals surface area contributed by atoms with Gasteiger partial charge in [-0.05, 0) is 25.5 Å². The Bertz CT molecular complexity index is 592. The van der Waals surface area contributed by atoms with Gasteiger partial charge in [0, 0.05) is 20.1 Å². The summed E-state index contributed by atoms with van der Waals surface area (Å²) in [5.41, 5.74) is 2.10. The molecule has 4 heteroatoms. The molecule has 0 amide bonds. The average molecular weight is 259 g/mol. The number of hydrogen-bond donors (Lipinski definition) is 1. The van der Waals surface area contributed by atoms with E-state index in [4.69, 9.17) is 9.72 Å². The number of rotatable bonds is 2. The number of morpholine rings is 1. The maximum absolute atomic E-state index is 6.27. The molecule has 1 saturated heterocycles. The molecule has 2 atom stereocenters. The van der Waals surface area contributed by atoms with Crippen molar-refractivity contribution in [3.63, 3.8) is 0 Å². The average Bonchev–Trinajstić information content (AvgIpc) is 2.77. The van der Waals surface area contributed by atoms with Crippen molar-refractivity contribution in [2.75, 3.05) is 13.1 Å². The van der Waals surface area contributed by atoms with E-state index in [9.17, 15) is 0 Å². The third kappa shape index (κ3) is 2.15. The highest BCUT2D eigenvalue weighted by molar-refractivity contribution is 5.75. The zero-order valence-electron chi connectivity index (χ0n) is 11.8. The minimum absolute atomic E-state index is 0.0242. The molecular weight excluding hydrogens is 238 g/mol. The standard InChI is InChI=1S/C15H21N3O/c1-4-15(2)10-16-9-13(19-15)14-17-11-7-5-6-8-12(11)18(14)3/h5-8,13,16H,4,9-10H2,1-3H3. The molecule has 1 fully saturated rings. The third-order valence-corrected chi connectivity index (χ3v) is 4.11. The maximum Gasteiger partial charge on any atom is 0.140 e.